The van der Waals surface area contributed by atoms with E-state index in [0.717, 1.165) is 0 Å². The van der Waals surface area contributed by atoms with E-state index in [2.05, 4.69) is 0 Å². The third kappa shape index (κ3) is 5.74. The molecule has 0 unspecified atom stereocenters. The Morgan fingerprint density at radius 3 is 2.27 bits per heavy atom. The first-order valence-electron chi connectivity index (χ1n) is 5.54. The van der Waals surface area contributed by atoms with Crippen LogP contribution in [0.15, 0.2) is 0 Å². The van der Waals surface area contributed by atoms with Crippen LogP contribution in [-0.2, 0) is 9.53 Å². The van der Waals surface area contributed by atoms with Crippen LogP contribution in [0.1, 0.15) is 33.6 Å². The summed E-state index contributed by atoms with van der Waals surface area (Å²) in [5, 5.41) is 10.0. The Morgan fingerprint density at radius 1 is 1.33 bits per heavy atom. The van der Waals surface area contributed by atoms with E-state index >= 15 is 0 Å². The summed E-state index contributed by atoms with van der Waals surface area (Å²) in [4.78, 5) is 13.0. The van der Waals surface area contributed by atoms with Gasteiger partial charge in [-0.1, -0.05) is 13.8 Å². The van der Waals surface area contributed by atoms with Crippen LogP contribution < -0.4 is 0 Å². The molecule has 1 N–H and O–H groups in total. The second kappa shape index (κ2) is 6.80. The van der Waals surface area contributed by atoms with Crippen LogP contribution in [0.4, 0.5) is 0 Å². The molecule has 0 bridgehead atoms. The maximum atomic E-state index is 11.2. The average molecular weight is 217 g/mol. The lowest BCUT2D eigenvalue weighted by molar-refractivity contribution is -0.144. The average Bonchev–Trinajstić information content (AvgIpc) is 2.17. The molecule has 0 fully saturated rings. The predicted octanol–water partition coefficient (Wildman–Crippen LogP) is 1.03. The van der Waals surface area contributed by atoms with Crippen LogP contribution in [0.5, 0.6) is 0 Å². The molecule has 0 aromatic rings. The molecule has 0 aromatic carbocycles. The van der Waals surface area contributed by atoms with E-state index in [0.29, 0.717) is 26.0 Å². The number of hydrogen-bond donors (Lipinski definition) is 1. The third-order valence-electron chi connectivity index (χ3n) is 2.58. The summed E-state index contributed by atoms with van der Waals surface area (Å²) in [6, 6.07) is 0. The molecule has 15 heavy (non-hydrogen) atoms. The Kier molecular flexibility index (Phi) is 6.52. The molecule has 0 heterocycles. The van der Waals surface area contributed by atoms with Crippen molar-refractivity contribution in [1.29, 1.82) is 0 Å². The number of rotatable bonds is 7. The molecule has 0 aliphatic carbocycles. The van der Waals surface area contributed by atoms with Crippen molar-refractivity contribution in [3.8, 4) is 0 Å². The van der Waals surface area contributed by atoms with Crippen molar-refractivity contribution >= 4 is 5.97 Å². The summed E-state index contributed by atoms with van der Waals surface area (Å²) in [5.41, 5.74) is -0.693. The molecule has 0 aliphatic heterocycles. The van der Waals surface area contributed by atoms with Crippen LogP contribution in [0.3, 0.4) is 0 Å². The normalized spacial score (nSPS) is 11.9. The number of carbonyl (C=O) groups is 1. The van der Waals surface area contributed by atoms with Crippen molar-refractivity contribution in [2.45, 2.75) is 39.2 Å². The number of carbonyl (C=O) groups excluding carboxylic acids is 1. The molecule has 90 valence electrons. The molecule has 4 heteroatoms. The highest BCUT2D eigenvalue weighted by molar-refractivity contribution is 5.71. The first-order valence-corrected chi connectivity index (χ1v) is 5.54. The summed E-state index contributed by atoms with van der Waals surface area (Å²) in [6.45, 7) is 6.81. The van der Waals surface area contributed by atoms with Crippen LogP contribution in [0.25, 0.3) is 0 Å². The minimum absolute atomic E-state index is 0.232. The van der Waals surface area contributed by atoms with Gasteiger partial charge in [0.15, 0.2) is 0 Å². The zero-order valence-corrected chi connectivity index (χ0v) is 10.2. The predicted molar refractivity (Wildman–Crippen MR) is 59.7 cm³/mol. The molecular formula is C11H23NO3. The molecule has 4 nitrogen and oxygen atoms in total. The Hall–Kier alpha value is -0.610. The van der Waals surface area contributed by atoms with Gasteiger partial charge in [-0.05, 0) is 26.8 Å². The zero-order chi connectivity index (χ0) is 11.9. The smallest absolute Gasteiger partial charge is 0.320 e. The molecule has 0 amide bonds. The van der Waals surface area contributed by atoms with Crippen LogP contribution in [-0.4, -0.2) is 48.3 Å². The minimum Gasteiger partial charge on any atom is -0.465 e. The summed E-state index contributed by atoms with van der Waals surface area (Å²) in [5.74, 6) is -0.241. The van der Waals surface area contributed by atoms with Gasteiger partial charge in [0, 0.05) is 6.54 Å². The molecule has 0 aliphatic rings. The molecular weight excluding hydrogens is 194 g/mol. The van der Waals surface area contributed by atoms with Crippen LogP contribution >= 0.6 is 0 Å². The highest BCUT2D eigenvalue weighted by Gasteiger charge is 2.24. The quantitative estimate of drug-likeness (QED) is 0.647. The van der Waals surface area contributed by atoms with Crippen LogP contribution in [0, 0.1) is 0 Å². The maximum Gasteiger partial charge on any atom is 0.320 e. The van der Waals surface area contributed by atoms with Crippen LogP contribution in [0.2, 0.25) is 0 Å². The number of hydrogen-bond acceptors (Lipinski definition) is 4. The number of likely N-dealkylation sites (N-methyl/N-ethyl adjacent to an activating group) is 1. The van der Waals surface area contributed by atoms with E-state index < -0.39 is 5.60 Å². The van der Waals surface area contributed by atoms with Gasteiger partial charge >= 0.3 is 5.97 Å². The van der Waals surface area contributed by atoms with E-state index in [1.807, 2.05) is 20.9 Å². The van der Waals surface area contributed by atoms with Gasteiger partial charge in [0.1, 0.15) is 0 Å². The highest BCUT2D eigenvalue weighted by atomic mass is 16.5. The van der Waals surface area contributed by atoms with Crippen molar-refractivity contribution in [3.63, 3.8) is 0 Å². The molecule has 0 atom stereocenters. The van der Waals surface area contributed by atoms with Crippen molar-refractivity contribution < 1.29 is 14.6 Å². The standard InChI is InChI=1S/C11H23NO3/c1-5-11(14,6-2)9-12(4)8-10(13)15-7-3/h14H,5-9H2,1-4H3. The second-order valence-corrected chi connectivity index (χ2v) is 3.91. The lowest BCUT2D eigenvalue weighted by Gasteiger charge is -2.30. The maximum absolute atomic E-state index is 11.2. The Balaban J connectivity index is 4.01. The van der Waals surface area contributed by atoms with Gasteiger partial charge in [0.2, 0.25) is 0 Å². The minimum atomic E-state index is -0.693. The molecule has 0 spiro atoms. The van der Waals surface area contributed by atoms with Crippen molar-refractivity contribution in [3.05, 3.63) is 0 Å². The summed E-state index contributed by atoms with van der Waals surface area (Å²) < 4.78 is 4.83. The summed E-state index contributed by atoms with van der Waals surface area (Å²) in [6.07, 6.45) is 1.38. The first kappa shape index (κ1) is 14.4. The van der Waals surface area contributed by atoms with Crippen molar-refractivity contribution in [1.82, 2.24) is 4.90 Å². The van der Waals surface area contributed by atoms with Gasteiger partial charge in [-0.3, -0.25) is 9.69 Å². The molecule has 0 saturated heterocycles. The van der Waals surface area contributed by atoms with Crippen molar-refractivity contribution in [2.75, 3.05) is 26.7 Å². The van der Waals surface area contributed by atoms with E-state index in [1.165, 1.54) is 0 Å². The first-order chi connectivity index (χ1) is 6.97. The fourth-order valence-corrected chi connectivity index (χ4v) is 1.46. The van der Waals surface area contributed by atoms with Crippen molar-refractivity contribution in [2.24, 2.45) is 0 Å². The number of esters is 1. The number of aliphatic hydroxyl groups is 1. The summed E-state index contributed by atoms with van der Waals surface area (Å²) in [7, 11) is 1.81. The van der Waals surface area contributed by atoms with Gasteiger partial charge in [0.25, 0.3) is 0 Å². The Morgan fingerprint density at radius 2 is 1.87 bits per heavy atom. The molecule has 0 radical (unpaired) electrons. The Labute approximate surface area is 92.2 Å². The van der Waals surface area contributed by atoms with E-state index in [9.17, 15) is 9.90 Å². The van der Waals surface area contributed by atoms with Gasteiger partial charge in [-0.25, -0.2) is 0 Å². The largest absolute Gasteiger partial charge is 0.465 e. The lowest BCUT2D eigenvalue weighted by Crippen LogP contribution is -2.42. The highest BCUT2D eigenvalue weighted by Crippen LogP contribution is 2.15. The summed E-state index contributed by atoms with van der Waals surface area (Å²) >= 11 is 0. The van der Waals surface area contributed by atoms with E-state index in [1.54, 1.807) is 11.8 Å². The molecule has 0 rings (SSSR count). The zero-order valence-electron chi connectivity index (χ0n) is 10.2. The van der Waals surface area contributed by atoms with Gasteiger partial charge < -0.3 is 9.84 Å². The molecule has 0 saturated carbocycles. The molecule has 0 aromatic heterocycles. The van der Waals surface area contributed by atoms with Gasteiger partial charge in [-0.2, -0.15) is 0 Å². The number of nitrogens with zero attached hydrogens (tertiary/aromatic N) is 1. The topological polar surface area (TPSA) is 49.8 Å². The lowest BCUT2D eigenvalue weighted by atomic mass is 9.97. The third-order valence-corrected chi connectivity index (χ3v) is 2.58. The fourth-order valence-electron chi connectivity index (χ4n) is 1.46. The monoisotopic (exact) mass is 217 g/mol. The van der Waals surface area contributed by atoms with E-state index in [4.69, 9.17) is 4.74 Å². The van der Waals surface area contributed by atoms with Gasteiger partial charge in [0.05, 0.1) is 18.8 Å². The second-order valence-electron chi connectivity index (χ2n) is 3.91. The fraction of sp³-hybridized carbons (Fsp3) is 0.909. The van der Waals surface area contributed by atoms with Gasteiger partial charge in [-0.15, -0.1) is 0 Å². The SMILES string of the molecule is CCOC(=O)CN(C)CC(O)(CC)CC. The number of ether oxygens (including phenoxy) is 1. The Bertz CT molecular complexity index is 190. The van der Waals surface area contributed by atoms with E-state index in [-0.39, 0.29) is 12.5 Å².